The molecule has 1 aliphatic heterocycles. The quantitative estimate of drug-likeness (QED) is 0.708. The van der Waals surface area contributed by atoms with Crippen molar-refractivity contribution in [2.24, 2.45) is 7.05 Å². The number of nitrogens with one attached hydrogen (secondary N) is 1. The number of sulfonamides is 1. The Balaban J connectivity index is 1.36. The molecule has 9 heteroatoms. The fourth-order valence-corrected chi connectivity index (χ4v) is 5.37. The Morgan fingerprint density at radius 1 is 1.19 bits per heavy atom. The maximum absolute atomic E-state index is 12.7. The molecular weight excluding hydrogens is 382 g/mol. The molecule has 1 saturated carbocycles. The zero-order valence-electron chi connectivity index (χ0n) is 15.5. The monoisotopic (exact) mass is 408 g/mol. The third-order valence-electron chi connectivity index (χ3n) is 5.41. The van der Waals surface area contributed by atoms with E-state index in [1.54, 1.807) is 4.31 Å². The Hall–Kier alpha value is -1.55. The highest BCUT2D eigenvalue weighted by Gasteiger charge is 2.31. The van der Waals surface area contributed by atoms with E-state index in [0.717, 1.165) is 29.2 Å². The van der Waals surface area contributed by atoms with Gasteiger partial charge in [0.05, 0.1) is 31.9 Å². The smallest absolute Gasteiger partial charge is 0.218 e. The van der Waals surface area contributed by atoms with E-state index >= 15 is 0 Å². The Morgan fingerprint density at radius 3 is 2.48 bits per heavy atom. The molecule has 27 heavy (non-hydrogen) atoms. The van der Waals surface area contributed by atoms with Crippen LogP contribution in [0.4, 0.5) is 0 Å². The summed E-state index contributed by atoms with van der Waals surface area (Å²) in [6.07, 6.45) is 2.40. The van der Waals surface area contributed by atoms with Gasteiger partial charge < -0.3 is 9.47 Å². The zero-order valence-corrected chi connectivity index (χ0v) is 17.2. The highest BCUT2D eigenvalue weighted by molar-refractivity contribution is 7.88. The first-order valence-electron chi connectivity index (χ1n) is 9.43. The van der Waals surface area contributed by atoms with Crippen LogP contribution in [0, 0.1) is 4.77 Å². The van der Waals surface area contributed by atoms with Crippen LogP contribution in [0.3, 0.4) is 0 Å². The van der Waals surface area contributed by atoms with E-state index in [1.165, 1.54) is 17.7 Å². The molecule has 146 valence electrons. The van der Waals surface area contributed by atoms with Gasteiger partial charge in [0.2, 0.25) is 14.8 Å². The van der Waals surface area contributed by atoms with Gasteiger partial charge in [-0.3, -0.25) is 0 Å². The molecule has 0 spiro atoms. The van der Waals surface area contributed by atoms with Gasteiger partial charge in [0, 0.05) is 13.0 Å². The number of hydrogen-bond donors (Lipinski definition) is 1. The fraction of sp³-hybridized carbons (Fsp3) is 0.556. The molecule has 4 rings (SSSR count). The summed E-state index contributed by atoms with van der Waals surface area (Å²) in [7, 11) is -1.28. The standard InChI is InChI=1S/C18H25N5O2S2/c1-20-17(16-7-8-16)19-23(18(20)26)14-21-9-11-22(12-10-21)27(24,25)13-15-5-3-2-4-6-15/h2-6,16H,7-14H2,1H3/p+1. The van der Waals surface area contributed by atoms with Crippen LogP contribution in [-0.2, 0) is 29.5 Å². The van der Waals surface area contributed by atoms with E-state index < -0.39 is 10.0 Å². The lowest BCUT2D eigenvalue weighted by molar-refractivity contribution is -0.926. The second kappa shape index (κ2) is 7.46. The van der Waals surface area contributed by atoms with E-state index in [1.807, 2.05) is 46.6 Å². The molecule has 2 heterocycles. The summed E-state index contributed by atoms with van der Waals surface area (Å²) in [5.41, 5.74) is 0.833. The number of benzene rings is 1. The van der Waals surface area contributed by atoms with Crippen LogP contribution in [0.5, 0.6) is 0 Å². The molecule has 0 amide bonds. The van der Waals surface area contributed by atoms with Crippen LogP contribution in [0.2, 0.25) is 0 Å². The van der Waals surface area contributed by atoms with Gasteiger partial charge in [0.15, 0.2) is 6.67 Å². The molecule has 0 unspecified atom stereocenters. The Labute approximate surface area is 165 Å². The van der Waals surface area contributed by atoms with Gasteiger partial charge in [0.1, 0.15) is 5.82 Å². The fourth-order valence-electron chi connectivity index (χ4n) is 3.63. The van der Waals surface area contributed by atoms with Crippen LogP contribution in [0.25, 0.3) is 0 Å². The largest absolute Gasteiger partial charge is 0.314 e. The first-order chi connectivity index (χ1) is 12.9. The molecule has 2 aromatic rings. The maximum atomic E-state index is 12.7. The first kappa shape index (κ1) is 18.8. The lowest BCUT2D eigenvalue weighted by Gasteiger charge is -2.31. The Morgan fingerprint density at radius 2 is 1.85 bits per heavy atom. The van der Waals surface area contributed by atoms with Crippen LogP contribution in [0.15, 0.2) is 30.3 Å². The van der Waals surface area contributed by atoms with Gasteiger partial charge in [-0.05, 0) is 30.6 Å². The Kier molecular flexibility index (Phi) is 5.19. The molecule has 7 nitrogen and oxygen atoms in total. The molecule has 0 radical (unpaired) electrons. The van der Waals surface area contributed by atoms with Gasteiger partial charge in [-0.25, -0.2) is 8.42 Å². The highest BCUT2D eigenvalue weighted by atomic mass is 32.2. The molecular formula is C18H26N5O2S2+. The van der Waals surface area contributed by atoms with Crippen molar-refractivity contribution < 1.29 is 13.3 Å². The predicted molar refractivity (Wildman–Crippen MR) is 105 cm³/mol. The lowest BCUT2D eigenvalue weighted by Crippen LogP contribution is -3.14. The van der Waals surface area contributed by atoms with Crippen molar-refractivity contribution in [3.63, 3.8) is 0 Å². The SMILES string of the molecule is Cn1c(C2CC2)nn(C[NH+]2CCN(S(=O)(=O)Cc3ccccc3)CC2)c1=S. The minimum atomic E-state index is -3.27. The minimum absolute atomic E-state index is 0.0687. The predicted octanol–water partition coefficient (Wildman–Crippen LogP) is 0.516. The van der Waals surface area contributed by atoms with Crippen molar-refractivity contribution in [3.05, 3.63) is 46.5 Å². The molecule has 1 saturated heterocycles. The summed E-state index contributed by atoms with van der Waals surface area (Å²) < 4.78 is 31.7. The summed E-state index contributed by atoms with van der Waals surface area (Å²) in [4.78, 5) is 1.32. The third kappa shape index (κ3) is 4.16. The molecule has 0 bridgehead atoms. The summed E-state index contributed by atoms with van der Waals surface area (Å²) in [6.45, 7) is 3.32. The number of rotatable bonds is 6. The summed E-state index contributed by atoms with van der Waals surface area (Å²) >= 11 is 5.53. The number of nitrogens with zero attached hydrogens (tertiary/aromatic N) is 4. The number of quaternary nitrogens is 1. The zero-order chi connectivity index (χ0) is 19.0. The van der Waals surface area contributed by atoms with Crippen LogP contribution < -0.4 is 4.90 Å². The molecule has 2 aliphatic rings. The Bertz CT molecular complexity index is 955. The summed E-state index contributed by atoms with van der Waals surface area (Å²) in [6, 6.07) is 9.37. The number of piperazine rings is 1. The normalized spacial score (nSPS) is 19.4. The van der Waals surface area contributed by atoms with Gasteiger partial charge in [0.25, 0.3) is 0 Å². The van der Waals surface area contributed by atoms with Gasteiger partial charge in [-0.2, -0.15) is 14.1 Å². The second-order valence-corrected chi connectivity index (χ2v) is 9.86. The average Bonchev–Trinajstić information content (AvgIpc) is 3.46. The first-order valence-corrected chi connectivity index (χ1v) is 11.4. The topological polar surface area (TPSA) is 64.6 Å². The number of hydrogen-bond acceptors (Lipinski definition) is 4. The van der Waals surface area contributed by atoms with Crippen LogP contribution in [0.1, 0.15) is 30.1 Å². The number of aromatic nitrogens is 3. The average molecular weight is 409 g/mol. The van der Waals surface area contributed by atoms with Crippen molar-refractivity contribution in [2.45, 2.75) is 31.2 Å². The molecule has 0 atom stereocenters. The summed E-state index contributed by atoms with van der Waals surface area (Å²) in [5.74, 6) is 1.72. The minimum Gasteiger partial charge on any atom is -0.314 e. The van der Waals surface area contributed by atoms with Crippen LogP contribution in [-0.4, -0.2) is 53.2 Å². The van der Waals surface area contributed by atoms with Crippen molar-refractivity contribution in [1.29, 1.82) is 0 Å². The summed E-state index contributed by atoms with van der Waals surface area (Å²) in [5, 5.41) is 4.71. The lowest BCUT2D eigenvalue weighted by atomic mass is 10.2. The highest BCUT2D eigenvalue weighted by Crippen LogP contribution is 2.38. The van der Waals surface area contributed by atoms with Crippen LogP contribution >= 0.6 is 12.2 Å². The van der Waals surface area contributed by atoms with E-state index in [2.05, 4.69) is 0 Å². The van der Waals surface area contributed by atoms with E-state index in [0.29, 0.717) is 25.7 Å². The van der Waals surface area contributed by atoms with E-state index in [9.17, 15) is 8.42 Å². The van der Waals surface area contributed by atoms with E-state index in [-0.39, 0.29) is 5.75 Å². The van der Waals surface area contributed by atoms with Gasteiger partial charge in [-0.15, -0.1) is 0 Å². The molecule has 1 N–H and O–H groups in total. The molecule has 1 aromatic heterocycles. The maximum Gasteiger partial charge on any atom is 0.218 e. The van der Waals surface area contributed by atoms with Crippen molar-refractivity contribution >= 4 is 22.2 Å². The molecule has 2 fully saturated rings. The van der Waals surface area contributed by atoms with Gasteiger partial charge in [-0.1, -0.05) is 30.3 Å². The molecule has 1 aliphatic carbocycles. The van der Waals surface area contributed by atoms with Gasteiger partial charge >= 0.3 is 0 Å². The van der Waals surface area contributed by atoms with Crippen molar-refractivity contribution in [1.82, 2.24) is 18.7 Å². The van der Waals surface area contributed by atoms with E-state index in [4.69, 9.17) is 17.3 Å². The van der Waals surface area contributed by atoms with Crippen molar-refractivity contribution in [3.8, 4) is 0 Å². The molecule has 1 aromatic carbocycles. The van der Waals surface area contributed by atoms with Crippen molar-refractivity contribution in [2.75, 3.05) is 26.2 Å². The second-order valence-electron chi connectivity index (χ2n) is 7.52. The third-order valence-corrected chi connectivity index (χ3v) is 7.74.